The number of aliphatic imine (C=N–C) groups is 1. The fraction of sp³-hybridized carbons (Fsp3) is 0.174. The molecule has 1 aliphatic heterocycles. The van der Waals surface area contributed by atoms with Gasteiger partial charge in [-0.15, -0.1) is 0 Å². The first-order valence-electron chi connectivity index (χ1n) is 9.16. The Balaban J connectivity index is 1.74. The van der Waals surface area contributed by atoms with Crippen LogP contribution in [0.1, 0.15) is 33.6 Å². The van der Waals surface area contributed by atoms with Crippen molar-refractivity contribution in [1.82, 2.24) is 9.78 Å². The SMILES string of the molecule is Cc1ccc(-n2nc(C)c(/C=C3\N=C(c4ccccc4)OC3=O)c2C)cc1C. The second-order valence-electron chi connectivity index (χ2n) is 6.97. The van der Waals surface area contributed by atoms with Crippen LogP contribution in [0.25, 0.3) is 11.8 Å². The van der Waals surface area contributed by atoms with Gasteiger partial charge in [0.1, 0.15) is 0 Å². The quantitative estimate of drug-likeness (QED) is 0.505. The molecule has 0 saturated heterocycles. The van der Waals surface area contributed by atoms with Crippen molar-refractivity contribution in [1.29, 1.82) is 0 Å². The van der Waals surface area contributed by atoms with Gasteiger partial charge in [-0.3, -0.25) is 0 Å². The lowest BCUT2D eigenvalue weighted by molar-refractivity contribution is -0.129. The fourth-order valence-corrected chi connectivity index (χ4v) is 3.22. The zero-order chi connectivity index (χ0) is 19.8. The van der Waals surface area contributed by atoms with E-state index < -0.39 is 5.97 Å². The lowest BCUT2D eigenvalue weighted by atomic mass is 10.1. The highest BCUT2D eigenvalue weighted by atomic mass is 16.6. The van der Waals surface area contributed by atoms with Crippen LogP contribution < -0.4 is 0 Å². The van der Waals surface area contributed by atoms with Crippen LogP contribution in [0.2, 0.25) is 0 Å². The summed E-state index contributed by atoms with van der Waals surface area (Å²) >= 11 is 0. The summed E-state index contributed by atoms with van der Waals surface area (Å²) in [7, 11) is 0. The number of hydrogen-bond acceptors (Lipinski definition) is 4. The van der Waals surface area contributed by atoms with E-state index in [0.29, 0.717) is 5.90 Å². The average Bonchev–Trinajstić information content (AvgIpc) is 3.19. The maximum absolute atomic E-state index is 12.3. The van der Waals surface area contributed by atoms with Crippen LogP contribution in [0.15, 0.2) is 59.2 Å². The molecule has 28 heavy (non-hydrogen) atoms. The topological polar surface area (TPSA) is 56.5 Å². The maximum Gasteiger partial charge on any atom is 0.363 e. The van der Waals surface area contributed by atoms with Crippen molar-refractivity contribution in [3.8, 4) is 5.69 Å². The summed E-state index contributed by atoms with van der Waals surface area (Å²) in [5, 5.41) is 4.67. The van der Waals surface area contributed by atoms with E-state index in [1.165, 1.54) is 11.1 Å². The van der Waals surface area contributed by atoms with Gasteiger partial charge in [0.2, 0.25) is 5.90 Å². The van der Waals surface area contributed by atoms with E-state index in [0.717, 1.165) is 28.2 Å². The van der Waals surface area contributed by atoms with Crippen molar-refractivity contribution in [2.45, 2.75) is 27.7 Å². The van der Waals surface area contributed by atoms with Gasteiger partial charge >= 0.3 is 5.97 Å². The average molecular weight is 371 g/mol. The maximum atomic E-state index is 12.3. The molecule has 2 heterocycles. The van der Waals surface area contributed by atoms with Gasteiger partial charge < -0.3 is 4.74 Å². The molecular weight excluding hydrogens is 350 g/mol. The van der Waals surface area contributed by atoms with Gasteiger partial charge in [-0.25, -0.2) is 14.5 Å². The third kappa shape index (κ3) is 3.16. The first kappa shape index (κ1) is 17.9. The minimum Gasteiger partial charge on any atom is -0.402 e. The van der Waals surface area contributed by atoms with Crippen LogP contribution in [0.3, 0.4) is 0 Å². The summed E-state index contributed by atoms with van der Waals surface area (Å²) in [6.45, 7) is 8.09. The number of aryl methyl sites for hydroxylation is 3. The largest absolute Gasteiger partial charge is 0.402 e. The highest BCUT2D eigenvalue weighted by Crippen LogP contribution is 2.25. The van der Waals surface area contributed by atoms with E-state index in [9.17, 15) is 4.79 Å². The molecule has 140 valence electrons. The van der Waals surface area contributed by atoms with Gasteiger partial charge in [-0.05, 0) is 69.2 Å². The molecule has 1 aliphatic rings. The van der Waals surface area contributed by atoms with E-state index >= 15 is 0 Å². The molecule has 5 nitrogen and oxygen atoms in total. The van der Waals surface area contributed by atoms with Crippen molar-refractivity contribution in [2.24, 2.45) is 4.99 Å². The lowest BCUT2D eigenvalue weighted by Crippen LogP contribution is -2.05. The summed E-state index contributed by atoms with van der Waals surface area (Å²) in [4.78, 5) is 16.7. The van der Waals surface area contributed by atoms with Crippen molar-refractivity contribution in [3.05, 3.63) is 87.9 Å². The Morgan fingerprint density at radius 3 is 2.43 bits per heavy atom. The van der Waals surface area contributed by atoms with E-state index in [-0.39, 0.29) is 5.70 Å². The van der Waals surface area contributed by atoms with Crippen LogP contribution in [0, 0.1) is 27.7 Å². The molecule has 0 atom stereocenters. The summed E-state index contributed by atoms with van der Waals surface area (Å²) in [5.74, 6) is -0.120. The second kappa shape index (κ2) is 6.93. The molecule has 0 bridgehead atoms. The Bertz CT molecular complexity index is 1140. The smallest absolute Gasteiger partial charge is 0.363 e. The molecule has 0 spiro atoms. The third-order valence-corrected chi connectivity index (χ3v) is 5.00. The number of hydrogen-bond donors (Lipinski definition) is 0. The van der Waals surface area contributed by atoms with Crippen LogP contribution in [-0.2, 0) is 9.53 Å². The minimum absolute atomic E-state index is 0.282. The number of aromatic nitrogens is 2. The monoisotopic (exact) mass is 371 g/mol. The molecule has 5 heteroatoms. The zero-order valence-electron chi connectivity index (χ0n) is 16.4. The molecule has 0 aliphatic carbocycles. The summed E-state index contributed by atoms with van der Waals surface area (Å²) in [5.41, 5.74) is 7.16. The molecule has 0 amide bonds. The molecule has 0 fully saturated rings. The van der Waals surface area contributed by atoms with Crippen LogP contribution in [-0.4, -0.2) is 21.6 Å². The van der Waals surface area contributed by atoms with Gasteiger partial charge in [0, 0.05) is 16.8 Å². The fourth-order valence-electron chi connectivity index (χ4n) is 3.22. The molecule has 2 aromatic carbocycles. The number of rotatable bonds is 3. The molecule has 0 radical (unpaired) electrons. The van der Waals surface area contributed by atoms with E-state index in [2.05, 4.69) is 36.1 Å². The summed E-state index contributed by atoms with van der Waals surface area (Å²) in [6, 6.07) is 15.7. The molecule has 0 unspecified atom stereocenters. The first-order valence-corrected chi connectivity index (χ1v) is 9.16. The Morgan fingerprint density at radius 2 is 1.71 bits per heavy atom. The highest BCUT2D eigenvalue weighted by Gasteiger charge is 2.25. The highest BCUT2D eigenvalue weighted by molar-refractivity contribution is 6.12. The second-order valence-corrected chi connectivity index (χ2v) is 6.97. The summed E-state index contributed by atoms with van der Waals surface area (Å²) < 4.78 is 7.25. The van der Waals surface area contributed by atoms with Crippen molar-refractivity contribution in [2.75, 3.05) is 0 Å². The zero-order valence-corrected chi connectivity index (χ0v) is 16.4. The first-order chi connectivity index (χ1) is 13.4. The number of carbonyl (C=O) groups is 1. The Labute approximate surface area is 164 Å². The molecule has 4 rings (SSSR count). The number of benzene rings is 2. The van der Waals surface area contributed by atoms with Gasteiger partial charge in [-0.1, -0.05) is 24.3 Å². The van der Waals surface area contributed by atoms with E-state index in [4.69, 9.17) is 4.74 Å². The van der Waals surface area contributed by atoms with Crippen LogP contribution in [0.5, 0.6) is 0 Å². The predicted octanol–water partition coefficient (Wildman–Crippen LogP) is 4.45. The van der Waals surface area contributed by atoms with Crippen molar-refractivity contribution in [3.63, 3.8) is 0 Å². The van der Waals surface area contributed by atoms with Crippen LogP contribution in [0.4, 0.5) is 0 Å². The normalized spacial score (nSPS) is 15.1. The molecule has 0 saturated carbocycles. The summed E-state index contributed by atoms with van der Waals surface area (Å²) in [6.07, 6.45) is 1.76. The molecular formula is C23H21N3O2. The van der Waals surface area contributed by atoms with E-state index in [1.807, 2.05) is 54.9 Å². The van der Waals surface area contributed by atoms with Gasteiger partial charge in [-0.2, -0.15) is 5.10 Å². The Kier molecular flexibility index (Phi) is 4.43. The Hall–Kier alpha value is -3.47. The van der Waals surface area contributed by atoms with Gasteiger partial charge in [0.25, 0.3) is 0 Å². The third-order valence-electron chi connectivity index (χ3n) is 5.00. The predicted molar refractivity (Wildman–Crippen MR) is 110 cm³/mol. The van der Waals surface area contributed by atoms with E-state index in [1.54, 1.807) is 6.08 Å². The number of cyclic esters (lactones) is 1. The van der Waals surface area contributed by atoms with Gasteiger partial charge in [0.05, 0.1) is 11.4 Å². The number of ether oxygens (including phenoxy) is 1. The number of nitrogens with zero attached hydrogens (tertiary/aromatic N) is 3. The standard InChI is InChI=1S/C23H21N3O2/c1-14-10-11-19(12-15(14)2)26-17(4)20(16(3)25-26)13-21-23(27)28-22(24-21)18-8-6-5-7-9-18/h5-13H,1-4H3/b21-13-. The minimum atomic E-state index is -0.448. The van der Waals surface area contributed by atoms with Crippen molar-refractivity contribution >= 4 is 17.9 Å². The molecule has 1 aromatic heterocycles. The number of carbonyl (C=O) groups excluding carboxylic acids is 1. The lowest BCUT2D eigenvalue weighted by Gasteiger charge is -2.07. The molecule has 0 N–H and O–H groups in total. The van der Waals surface area contributed by atoms with Gasteiger partial charge in [0.15, 0.2) is 5.70 Å². The van der Waals surface area contributed by atoms with Crippen LogP contribution >= 0.6 is 0 Å². The Morgan fingerprint density at radius 1 is 0.964 bits per heavy atom. The molecule has 3 aromatic rings. The number of esters is 1. The van der Waals surface area contributed by atoms with Crippen molar-refractivity contribution < 1.29 is 9.53 Å².